The molecule has 0 unspecified atom stereocenters. The summed E-state index contributed by atoms with van der Waals surface area (Å²) in [6.45, 7) is 4.75. The summed E-state index contributed by atoms with van der Waals surface area (Å²) in [6, 6.07) is 24.3. The Hall–Kier alpha value is -3.97. The van der Waals surface area contributed by atoms with E-state index in [-0.39, 0.29) is 10.7 Å². The van der Waals surface area contributed by atoms with Gasteiger partial charge in [0, 0.05) is 16.6 Å². The number of carbonyl (C=O) groups is 2. The van der Waals surface area contributed by atoms with Gasteiger partial charge in [-0.25, -0.2) is 8.42 Å². The van der Waals surface area contributed by atoms with E-state index in [1.807, 2.05) is 38.1 Å². The van der Waals surface area contributed by atoms with Crippen molar-refractivity contribution < 1.29 is 18.0 Å². The minimum Gasteiger partial charge on any atom is -0.324 e. The fourth-order valence-corrected chi connectivity index (χ4v) is 5.69. The Morgan fingerprint density at radius 3 is 2.31 bits per heavy atom. The van der Waals surface area contributed by atoms with Gasteiger partial charge in [0.25, 0.3) is 10.0 Å². The standard InChI is InChI=1S/C28H26N2O4S/c1-19-9-6-15-26(20(19)2)30(18-28(32)29-24-13-7-12-23(17-24)21(3)31)35(33,34)27-16-8-11-22-10-4-5-14-25(22)27/h4-17H,18H2,1-3H3,(H,29,32). The third-order valence-corrected chi connectivity index (χ3v) is 7.82. The number of sulfonamides is 1. The van der Waals surface area contributed by atoms with E-state index >= 15 is 0 Å². The van der Waals surface area contributed by atoms with E-state index in [4.69, 9.17) is 0 Å². The highest BCUT2D eigenvalue weighted by atomic mass is 32.2. The molecule has 0 spiro atoms. The monoisotopic (exact) mass is 486 g/mol. The lowest BCUT2D eigenvalue weighted by molar-refractivity contribution is -0.114. The van der Waals surface area contributed by atoms with Crippen molar-refractivity contribution in [1.29, 1.82) is 0 Å². The first-order valence-corrected chi connectivity index (χ1v) is 12.6. The topological polar surface area (TPSA) is 83.6 Å². The van der Waals surface area contributed by atoms with Gasteiger partial charge in [0.15, 0.2) is 5.78 Å². The third kappa shape index (κ3) is 4.95. The second-order valence-electron chi connectivity index (χ2n) is 8.39. The van der Waals surface area contributed by atoms with Crippen LogP contribution in [0, 0.1) is 13.8 Å². The molecule has 0 fully saturated rings. The molecule has 0 saturated heterocycles. The number of nitrogens with zero attached hydrogens (tertiary/aromatic N) is 1. The molecule has 4 aromatic carbocycles. The molecule has 0 aliphatic rings. The first kappa shape index (κ1) is 24.2. The molecule has 0 bridgehead atoms. The van der Waals surface area contributed by atoms with Gasteiger partial charge < -0.3 is 5.32 Å². The number of carbonyl (C=O) groups excluding carboxylic acids is 2. The maximum atomic E-state index is 14.0. The van der Waals surface area contributed by atoms with Gasteiger partial charge in [-0.1, -0.05) is 60.7 Å². The lowest BCUT2D eigenvalue weighted by Crippen LogP contribution is -2.38. The molecule has 4 rings (SSSR count). The molecule has 4 aromatic rings. The molecule has 0 heterocycles. The van der Waals surface area contributed by atoms with Crippen molar-refractivity contribution in [2.45, 2.75) is 25.7 Å². The number of hydrogen-bond donors (Lipinski definition) is 1. The SMILES string of the molecule is CC(=O)c1cccc(NC(=O)CN(c2cccc(C)c2C)S(=O)(=O)c2cccc3ccccc23)c1. The van der Waals surface area contributed by atoms with Gasteiger partial charge in [0.05, 0.1) is 10.6 Å². The molecule has 0 aliphatic heterocycles. The summed E-state index contributed by atoms with van der Waals surface area (Å²) in [5.41, 5.74) is 2.99. The Labute approximate surface area is 205 Å². The lowest BCUT2D eigenvalue weighted by atomic mass is 10.1. The van der Waals surface area contributed by atoms with Crippen LogP contribution in [0.4, 0.5) is 11.4 Å². The van der Waals surface area contributed by atoms with E-state index in [0.29, 0.717) is 22.3 Å². The largest absolute Gasteiger partial charge is 0.324 e. The van der Waals surface area contributed by atoms with Gasteiger partial charge in [0.1, 0.15) is 6.54 Å². The molecular formula is C28H26N2O4S. The molecule has 0 aromatic heterocycles. The summed E-state index contributed by atoms with van der Waals surface area (Å²) in [5, 5.41) is 4.11. The van der Waals surface area contributed by atoms with Crippen LogP contribution < -0.4 is 9.62 Å². The number of benzene rings is 4. The second-order valence-corrected chi connectivity index (χ2v) is 10.2. The summed E-state index contributed by atoms with van der Waals surface area (Å²) in [6.07, 6.45) is 0. The first-order valence-electron chi connectivity index (χ1n) is 11.2. The Morgan fingerprint density at radius 1 is 0.857 bits per heavy atom. The molecular weight excluding hydrogens is 460 g/mol. The van der Waals surface area contributed by atoms with E-state index in [9.17, 15) is 18.0 Å². The van der Waals surface area contributed by atoms with E-state index < -0.39 is 22.5 Å². The average Bonchev–Trinajstić information content (AvgIpc) is 2.84. The van der Waals surface area contributed by atoms with Crippen molar-refractivity contribution in [1.82, 2.24) is 0 Å². The summed E-state index contributed by atoms with van der Waals surface area (Å²) < 4.78 is 29.2. The molecule has 7 heteroatoms. The van der Waals surface area contributed by atoms with E-state index in [1.165, 1.54) is 6.92 Å². The Morgan fingerprint density at radius 2 is 1.54 bits per heavy atom. The molecule has 35 heavy (non-hydrogen) atoms. The van der Waals surface area contributed by atoms with Crippen molar-refractivity contribution >= 4 is 43.9 Å². The summed E-state index contributed by atoms with van der Waals surface area (Å²) >= 11 is 0. The molecule has 178 valence electrons. The zero-order valence-electron chi connectivity index (χ0n) is 19.8. The van der Waals surface area contributed by atoms with Crippen LogP contribution >= 0.6 is 0 Å². The van der Waals surface area contributed by atoms with Crippen molar-refractivity contribution in [3.05, 3.63) is 102 Å². The van der Waals surface area contributed by atoms with Crippen LogP contribution in [0.25, 0.3) is 10.8 Å². The van der Waals surface area contributed by atoms with E-state index in [2.05, 4.69) is 5.32 Å². The van der Waals surface area contributed by atoms with Crippen LogP contribution in [0.1, 0.15) is 28.4 Å². The fourth-order valence-electron chi connectivity index (χ4n) is 3.99. The van der Waals surface area contributed by atoms with Crippen molar-refractivity contribution in [2.24, 2.45) is 0 Å². The normalized spacial score (nSPS) is 11.3. The number of nitrogens with one attached hydrogen (secondary N) is 1. The minimum atomic E-state index is -4.11. The highest BCUT2D eigenvalue weighted by Gasteiger charge is 2.30. The maximum absolute atomic E-state index is 14.0. The zero-order chi connectivity index (χ0) is 25.2. The summed E-state index contributed by atoms with van der Waals surface area (Å²) in [4.78, 5) is 25.0. The van der Waals surface area contributed by atoms with Gasteiger partial charge >= 0.3 is 0 Å². The third-order valence-electron chi connectivity index (χ3n) is 6.00. The highest BCUT2D eigenvalue weighted by molar-refractivity contribution is 7.93. The predicted molar refractivity (Wildman–Crippen MR) is 139 cm³/mol. The smallest absolute Gasteiger partial charge is 0.265 e. The van der Waals surface area contributed by atoms with Crippen LogP contribution in [-0.4, -0.2) is 26.7 Å². The quantitative estimate of drug-likeness (QED) is 0.350. The van der Waals surface area contributed by atoms with Crippen LogP contribution in [0.2, 0.25) is 0 Å². The van der Waals surface area contributed by atoms with Crippen molar-refractivity contribution in [2.75, 3.05) is 16.2 Å². The van der Waals surface area contributed by atoms with E-state index in [1.54, 1.807) is 60.7 Å². The fraction of sp³-hybridized carbons (Fsp3) is 0.143. The van der Waals surface area contributed by atoms with Crippen LogP contribution in [0.3, 0.4) is 0 Å². The van der Waals surface area contributed by atoms with E-state index in [0.717, 1.165) is 20.8 Å². The van der Waals surface area contributed by atoms with Crippen LogP contribution in [-0.2, 0) is 14.8 Å². The number of fused-ring (bicyclic) bond motifs is 1. The molecule has 6 nitrogen and oxygen atoms in total. The van der Waals surface area contributed by atoms with Gasteiger partial charge in [-0.15, -0.1) is 0 Å². The Balaban J connectivity index is 1.77. The maximum Gasteiger partial charge on any atom is 0.265 e. The number of rotatable bonds is 7. The number of ketones is 1. The number of anilines is 2. The van der Waals surface area contributed by atoms with Gasteiger partial charge in [-0.2, -0.15) is 0 Å². The average molecular weight is 487 g/mol. The predicted octanol–water partition coefficient (Wildman–Crippen LogP) is 5.49. The van der Waals surface area contributed by atoms with Crippen LogP contribution in [0.15, 0.2) is 89.8 Å². The molecule has 0 atom stereocenters. The molecule has 1 N–H and O–H groups in total. The number of Topliss-reactive ketones (excluding diaryl/α,β-unsaturated/α-hetero) is 1. The first-order chi connectivity index (χ1) is 16.7. The van der Waals surface area contributed by atoms with Crippen molar-refractivity contribution in [3.8, 4) is 0 Å². The Bertz CT molecular complexity index is 1540. The minimum absolute atomic E-state index is 0.128. The number of amides is 1. The zero-order valence-corrected chi connectivity index (χ0v) is 20.6. The number of hydrogen-bond acceptors (Lipinski definition) is 4. The molecule has 0 saturated carbocycles. The van der Waals surface area contributed by atoms with Gasteiger partial charge in [0.2, 0.25) is 5.91 Å². The van der Waals surface area contributed by atoms with Crippen LogP contribution in [0.5, 0.6) is 0 Å². The number of aryl methyl sites for hydroxylation is 1. The highest BCUT2D eigenvalue weighted by Crippen LogP contribution is 2.32. The summed E-state index contributed by atoms with van der Waals surface area (Å²) in [7, 11) is -4.11. The van der Waals surface area contributed by atoms with Crippen molar-refractivity contribution in [3.63, 3.8) is 0 Å². The second kappa shape index (κ2) is 9.72. The summed E-state index contributed by atoms with van der Waals surface area (Å²) in [5.74, 6) is -0.646. The van der Waals surface area contributed by atoms with Gasteiger partial charge in [-0.3, -0.25) is 13.9 Å². The molecule has 0 aliphatic carbocycles. The lowest BCUT2D eigenvalue weighted by Gasteiger charge is -2.27. The van der Waals surface area contributed by atoms with Gasteiger partial charge in [-0.05, 0) is 61.5 Å². The molecule has 0 radical (unpaired) electrons. The molecule has 1 amide bonds. The Kier molecular flexibility index (Phi) is 6.71.